The molecule has 1 amide bonds. The van der Waals surface area contributed by atoms with Crippen LogP contribution in [-0.4, -0.2) is 43.2 Å². The summed E-state index contributed by atoms with van der Waals surface area (Å²) in [6.07, 6.45) is 10.0. The summed E-state index contributed by atoms with van der Waals surface area (Å²) in [6.45, 7) is -2.89. The van der Waals surface area contributed by atoms with Crippen LogP contribution in [0.25, 0.3) is 21.8 Å². The third-order valence-corrected chi connectivity index (χ3v) is 5.83. The molecule has 2 N–H and O–H groups in total. The van der Waals surface area contributed by atoms with E-state index in [1.165, 1.54) is 12.3 Å². The highest BCUT2D eigenvalue weighted by molar-refractivity contribution is 6.10. The lowest BCUT2D eigenvalue weighted by atomic mass is 10.1. The highest BCUT2D eigenvalue weighted by Gasteiger charge is 2.34. The minimum atomic E-state index is -3.02. The average Bonchev–Trinajstić information content (AvgIpc) is 3.58. The van der Waals surface area contributed by atoms with Crippen LogP contribution in [0.2, 0.25) is 0 Å². The zero-order chi connectivity index (χ0) is 24.0. The van der Waals surface area contributed by atoms with Gasteiger partial charge in [-0.2, -0.15) is 13.9 Å². The number of halogens is 2. The van der Waals surface area contributed by atoms with Gasteiger partial charge in [0.2, 0.25) is 0 Å². The molecule has 0 radical (unpaired) electrons. The molecule has 1 aliphatic carbocycles. The van der Waals surface area contributed by atoms with Gasteiger partial charge in [-0.15, -0.1) is 6.42 Å². The summed E-state index contributed by atoms with van der Waals surface area (Å²) in [7, 11) is 1.80. The molecule has 172 valence electrons. The molecule has 0 aliphatic heterocycles. The van der Waals surface area contributed by atoms with Crippen molar-refractivity contribution in [3.63, 3.8) is 0 Å². The van der Waals surface area contributed by atoms with Crippen LogP contribution in [0.1, 0.15) is 34.5 Å². The second kappa shape index (κ2) is 8.26. The predicted octanol–water partition coefficient (Wildman–Crippen LogP) is 3.49. The molecule has 4 aromatic rings. The first-order chi connectivity index (χ1) is 16.4. The quantitative estimate of drug-likeness (QED) is 0.441. The van der Waals surface area contributed by atoms with Crippen molar-refractivity contribution in [3.05, 3.63) is 53.5 Å². The third kappa shape index (κ3) is 3.85. The van der Waals surface area contributed by atoms with Gasteiger partial charge in [-0.1, -0.05) is 5.92 Å². The smallest absolute Gasteiger partial charge is 0.387 e. The van der Waals surface area contributed by atoms with E-state index in [-0.39, 0.29) is 29.8 Å². The molecule has 1 aromatic carbocycles. The van der Waals surface area contributed by atoms with Crippen LogP contribution in [0, 0.1) is 12.3 Å². The van der Waals surface area contributed by atoms with E-state index in [1.54, 1.807) is 41.0 Å². The maximum absolute atomic E-state index is 13.5. The number of benzene rings is 1. The van der Waals surface area contributed by atoms with E-state index in [2.05, 4.69) is 25.7 Å². The molecule has 1 aliphatic rings. The lowest BCUT2D eigenvalue weighted by Crippen LogP contribution is -2.33. The fourth-order valence-corrected chi connectivity index (χ4v) is 4.05. The molecule has 0 bridgehead atoms. The molecule has 3 heterocycles. The maximum Gasteiger partial charge on any atom is 0.387 e. The number of carbonyl (C=O) groups is 1. The number of aromatic nitrogens is 4. The van der Waals surface area contributed by atoms with Gasteiger partial charge in [0.15, 0.2) is 0 Å². The molecule has 3 aromatic heterocycles. The molecule has 0 atom stereocenters. The fourth-order valence-electron chi connectivity index (χ4n) is 4.05. The molecular formula is C24H20F2N6O2. The number of nitrogen functional groups attached to an aromatic ring is 1. The lowest BCUT2D eigenvalue weighted by Gasteiger charge is -2.23. The zero-order valence-electron chi connectivity index (χ0n) is 18.2. The number of carbonyl (C=O) groups excluding carboxylic acids is 1. The summed E-state index contributed by atoms with van der Waals surface area (Å²) in [5.41, 5.74) is 8.50. The number of rotatable bonds is 6. The van der Waals surface area contributed by atoms with E-state index in [0.29, 0.717) is 28.0 Å². The minimum Gasteiger partial charge on any atom is -0.433 e. The van der Waals surface area contributed by atoms with E-state index in [4.69, 9.17) is 12.2 Å². The molecule has 5 rings (SSSR count). The van der Waals surface area contributed by atoms with Crippen LogP contribution in [0.5, 0.6) is 5.75 Å². The van der Waals surface area contributed by atoms with Crippen LogP contribution >= 0.6 is 0 Å². The second-order valence-corrected chi connectivity index (χ2v) is 8.12. The molecule has 0 saturated heterocycles. The van der Waals surface area contributed by atoms with Crippen molar-refractivity contribution >= 4 is 33.5 Å². The van der Waals surface area contributed by atoms with Crippen LogP contribution in [-0.2, 0) is 13.6 Å². The van der Waals surface area contributed by atoms with E-state index in [1.807, 2.05) is 0 Å². The fraction of sp³-hybridized carbons (Fsp3) is 0.250. The molecular weight excluding hydrogens is 442 g/mol. The summed E-state index contributed by atoms with van der Waals surface area (Å²) in [5, 5.41) is 5.74. The minimum absolute atomic E-state index is 0.0399. The van der Waals surface area contributed by atoms with Crippen molar-refractivity contribution in [2.24, 2.45) is 7.05 Å². The Morgan fingerprint density at radius 3 is 2.82 bits per heavy atom. The van der Waals surface area contributed by atoms with E-state index in [9.17, 15) is 13.6 Å². The monoisotopic (exact) mass is 462 g/mol. The molecule has 1 saturated carbocycles. The van der Waals surface area contributed by atoms with Gasteiger partial charge >= 0.3 is 6.61 Å². The van der Waals surface area contributed by atoms with Gasteiger partial charge in [-0.05, 0) is 31.0 Å². The van der Waals surface area contributed by atoms with E-state index in [0.717, 1.165) is 23.7 Å². The number of alkyl halides is 2. The van der Waals surface area contributed by atoms with E-state index < -0.39 is 6.61 Å². The summed E-state index contributed by atoms with van der Waals surface area (Å²) in [4.78, 5) is 23.9. The number of terminal acetylenes is 1. The number of ether oxygens (including phenoxy) is 1. The summed E-state index contributed by atoms with van der Waals surface area (Å²) in [6, 6.07) is 6.64. The van der Waals surface area contributed by atoms with Crippen LogP contribution in [0.4, 0.5) is 14.6 Å². The number of hydrogen-bond acceptors (Lipinski definition) is 6. The first kappa shape index (κ1) is 21.6. The van der Waals surface area contributed by atoms with Gasteiger partial charge in [0, 0.05) is 36.3 Å². The van der Waals surface area contributed by atoms with Crippen molar-refractivity contribution in [2.75, 3.05) is 5.73 Å². The summed E-state index contributed by atoms with van der Waals surface area (Å²) in [5.74, 6) is 2.31. The Labute approximate surface area is 193 Å². The molecule has 34 heavy (non-hydrogen) atoms. The number of nitrogens with zero attached hydrogens (tertiary/aromatic N) is 5. The van der Waals surface area contributed by atoms with Crippen molar-refractivity contribution in [2.45, 2.75) is 32.0 Å². The number of fused-ring (bicyclic) bond motifs is 3. The normalized spacial score (nSPS) is 13.4. The van der Waals surface area contributed by atoms with E-state index >= 15 is 0 Å². The van der Waals surface area contributed by atoms with Gasteiger partial charge in [0.05, 0.1) is 40.4 Å². The van der Waals surface area contributed by atoms with Crippen LogP contribution in [0.15, 0.2) is 36.7 Å². The third-order valence-electron chi connectivity index (χ3n) is 5.83. The first-order valence-corrected chi connectivity index (χ1v) is 10.6. The Morgan fingerprint density at radius 2 is 2.12 bits per heavy atom. The van der Waals surface area contributed by atoms with Crippen LogP contribution in [0.3, 0.4) is 0 Å². The Morgan fingerprint density at radius 1 is 1.32 bits per heavy atom. The number of amides is 1. The second-order valence-electron chi connectivity index (χ2n) is 8.12. The van der Waals surface area contributed by atoms with Crippen molar-refractivity contribution < 1.29 is 18.3 Å². The number of nitrogens with two attached hydrogens (primary N) is 1. The zero-order valence-corrected chi connectivity index (χ0v) is 18.2. The average molecular weight is 462 g/mol. The molecule has 0 spiro atoms. The predicted molar refractivity (Wildman–Crippen MR) is 122 cm³/mol. The van der Waals surface area contributed by atoms with Gasteiger partial charge in [0.1, 0.15) is 11.6 Å². The van der Waals surface area contributed by atoms with Gasteiger partial charge < -0.3 is 15.4 Å². The lowest BCUT2D eigenvalue weighted by molar-refractivity contribution is -0.0501. The first-order valence-electron chi connectivity index (χ1n) is 10.6. The number of pyridine rings is 2. The summed E-state index contributed by atoms with van der Waals surface area (Å²) >= 11 is 0. The SMILES string of the molecule is C#Cc1cnc(CN(C(=O)c2ccc3nc(N)c4cnn(C)c4c3c2)C2CC2)cc1OC(F)F. The molecule has 10 heteroatoms. The molecule has 0 unspecified atom stereocenters. The number of hydrogen-bond donors (Lipinski definition) is 1. The Bertz CT molecular complexity index is 1470. The topological polar surface area (TPSA) is 99.2 Å². The highest BCUT2D eigenvalue weighted by Crippen LogP contribution is 2.32. The van der Waals surface area contributed by atoms with Gasteiger partial charge in [0.25, 0.3) is 5.91 Å². The molecule has 1 fully saturated rings. The standard InChI is InChI=1S/C24H20F2N6O2/c1-3-13-10-28-15(9-20(13)34-24(25)26)12-32(16-5-6-16)23(33)14-4-7-19-17(8-14)21-18(22(27)30-19)11-29-31(21)2/h1,4,7-11,16,24H,5-6,12H2,2H3,(H2,27,30). The van der Waals surface area contributed by atoms with Crippen molar-refractivity contribution in [1.29, 1.82) is 0 Å². The Hall–Kier alpha value is -4.26. The van der Waals surface area contributed by atoms with Crippen molar-refractivity contribution in [3.8, 4) is 18.1 Å². The molecule has 8 nitrogen and oxygen atoms in total. The van der Waals surface area contributed by atoms with Gasteiger partial charge in [-0.25, -0.2) is 4.98 Å². The van der Waals surface area contributed by atoms with Crippen molar-refractivity contribution in [1.82, 2.24) is 24.6 Å². The highest BCUT2D eigenvalue weighted by atomic mass is 19.3. The maximum atomic E-state index is 13.5. The largest absolute Gasteiger partial charge is 0.433 e. The Kier molecular flexibility index (Phi) is 5.24. The van der Waals surface area contributed by atoms with Crippen LogP contribution < -0.4 is 10.5 Å². The number of anilines is 1. The number of aryl methyl sites for hydroxylation is 1. The summed E-state index contributed by atoms with van der Waals surface area (Å²) < 4.78 is 31.8. The Balaban J connectivity index is 1.50. The van der Waals surface area contributed by atoms with Gasteiger partial charge in [-0.3, -0.25) is 14.5 Å².